The van der Waals surface area contributed by atoms with Crippen molar-refractivity contribution < 1.29 is 4.39 Å². The fourth-order valence-corrected chi connectivity index (χ4v) is 2.54. The van der Waals surface area contributed by atoms with Crippen LogP contribution in [0.5, 0.6) is 0 Å². The zero-order valence-corrected chi connectivity index (χ0v) is 8.84. The average Bonchev–Trinajstić information content (AvgIpc) is 2.23. The van der Waals surface area contributed by atoms with Crippen molar-refractivity contribution in [2.45, 2.75) is 31.9 Å². The second kappa shape index (κ2) is 5.08. The number of piperidine rings is 2. The number of hydrogen-bond acceptors (Lipinski definition) is 2. The van der Waals surface area contributed by atoms with E-state index in [9.17, 15) is 4.39 Å². The van der Waals surface area contributed by atoms with Crippen molar-refractivity contribution in [3.05, 3.63) is 0 Å². The lowest BCUT2D eigenvalue weighted by Crippen LogP contribution is -2.45. The summed E-state index contributed by atoms with van der Waals surface area (Å²) in [4.78, 5) is 2.44. The molecule has 0 bridgehead atoms. The SMILES string of the molecule is FC1CCNCC1CN1CCCCC1. The lowest BCUT2D eigenvalue weighted by atomic mass is 9.96. The van der Waals surface area contributed by atoms with Crippen molar-refractivity contribution in [1.82, 2.24) is 10.2 Å². The Kier molecular flexibility index (Phi) is 3.76. The van der Waals surface area contributed by atoms with Gasteiger partial charge in [-0.2, -0.15) is 0 Å². The maximum Gasteiger partial charge on any atom is 0.107 e. The van der Waals surface area contributed by atoms with Gasteiger partial charge in [0.15, 0.2) is 0 Å². The molecule has 2 heterocycles. The van der Waals surface area contributed by atoms with Gasteiger partial charge in [0.25, 0.3) is 0 Å². The van der Waals surface area contributed by atoms with Crippen molar-refractivity contribution >= 4 is 0 Å². The number of nitrogens with one attached hydrogen (secondary N) is 1. The van der Waals surface area contributed by atoms with E-state index in [2.05, 4.69) is 10.2 Å². The van der Waals surface area contributed by atoms with Gasteiger partial charge in [0.1, 0.15) is 6.17 Å². The number of alkyl halides is 1. The van der Waals surface area contributed by atoms with Crippen molar-refractivity contribution in [3.8, 4) is 0 Å². The minimum atomic E-state index is -0.571. The molecule has 2 aliphatic rings. The molecule has 82 valence electrons. The lowest BCUT2D eigenvalue weighted by molar-refractivity contribution is 0.114. The minimum absolute atomic E-state index is 0.238. The molecule has 2 unspecified atom stereocenters. The van der Waals surface area contributed by atoms with Crippen molar-refractivity contribution in [2.75, 3.05) is 32.7 Å². The number of nitrogens with zero attached hydrogens (tertiary/aromatic N) is 1. The van der Waals surface area contributed by atoms with Crippen molar-refractivity contribution in [3.63, 3.8) is 0 Å². The molecule has 2 nitrogen and oxygen atoms in total. The quantitative estimate of drug-likeness (QED) is 0.725. The van der Waals surface area contributed by atoms with Crippen LogP contribution < -0.4 is 5.32 Å². The third-order valence-corrected chi connectivity index (χ3v) is 3.46. The first-order chi connectivity index (χ1) is 6.86. The summed E-state index contributed by atoms with van der Waals surface area (Å²) in [6.07, 6.45) is 4.10. The summed E-state index contributed by atoms with van der Waals surface area (Å²) in [5.74, 6) is 0.238. The Hall–Kier alpha value is -0.150. The zero-order valence-electron chi connectivity index (χ0n) is 8.84. The monoisotopic (exact) mass is 200 g/mol. The second-order valence-electron chi connectivity index (χ2n) is 4.63. The highest BCUT2D eigenvalue weighted by Crippen LogP contribution is 2.18. The molecule has 0 aromatic heterocycles. The van der Waals surface area contributed by atoms with Gasteiger partial charge in [0.05, 0.1) is 0 Å². The molecule has 2 atom stereocenters. The van der Waals surface area contributed by atoms with E-state index in [0.29, 0.717) is 6.42 Å². The first-order valence-electron chi connectivity index (χ1n) is 5.93. The molecule has 2 saturated heterocycles. The average molecular weight is 200 g/mol. The van der Waals surface area contributed by atoms with Crippen LogP contribution in [0.15, 0.2) is 0 Å². The lowest BCUT2D eigenvalue weighted by Gasteiger charge is -2.34. The second-order valence-corrected chi connectivity index (χ2v) is 4.63. The predicted octanol–water partition coefficient (Wildman–Crippen LogP) is 1.42. The predicted molar refractivity (Wildman–Crippen MR) is 56.2 cm³/mol. The third kappa shape index (κ3) is 2.67. The summed E-state index contributed by atoms with van der Waals surface area (Å²) in [5, 5.41) is 3.29. The van der Waals surface area contributed by atoms with Gasteiger partial charge in [0, 0.05) is 19.0 Å². The minimum Gasteiger partial charge on any atom is -0.316 e. The highest BCUT2D eigenvalue weighted by atomic mass is 19.1. The largest absolute Gasteiger partial charge is 0.316 e. The van der Waals surface area contributed by atoms with Crippen LogP contribution in [0, 0.1) is 5.92 Å². The molecule has 0 saturated carbocycles. The van der Waals surface area contributed by atoms with Gasteiger partial charge in [-0.3, -0.25) is 0 Å². The number of hydrogen-bond donors (Lipinski definition) is 1. The smallest absolute Gasteiger partial charge is 0.107 e. The normalized spacial score (nSPS) is 35.8. The molecule has 2 fully saturated rings. The zero-order chi connectivity index (χ0) is 9.80. The van der Waals surface area contributed by atoms with E-state index in [1.807, 2.05) is 0 Å². The van der Waals surface area contributed by atoms with Crippen LogP contribution >= 0.6 is 0 Å². The number of likely N-dealkylation sites (tertiary alicyclic amines) is 1. The fourth-order valence-electron chi connectivity index (χ4n) is 2.54. The Bertz CT molecular complexity index is 169. The molecule has 3 heteroatoms. The number of rotatable bonds is 2. The fraction of sp³-hybridized carbons (Fsp3) is 1.00. The van der Waals surface area contributed by atoms with E-state index in [1.165, 1.54) is 32.4 Å². The summed E-state index contributed by atoms with van der Waals surface area (Å²) in [7, 11) is 0. The van der Waals surface area contributed by atoms with Gasteiger partial charge < -0.3 is 10.2 Å². The van der Waals surface area contributed by atoms with Crippen LogP contribution in [0.2, 0.25) is 0 Å². The van der Waals surface area contributed by atoms with E-state index in [4.69, 9.17) is 0 Å². The first kappa shape index (κ1) is 10.4. The van der Waals surface area contributed by atoms with Gasteiger partial charge in [-0.15, -0.1) is 0 Å². The van der Waals surface area contributed by atoms with Crippen LogP contribution in [-0.4, -0.2) is 43.8 Å². The van der Waals surface area contributed by atoms with E-state index in [-0.39, 0.29) is 5.92 Å². The summed E-state index contributed by atoms with van der Waals surface area (Å²) in [6.45, 7) is 5.07. The molecule has 0 aromatic rings. The Morgan fingerprint density at radius 3 is 2.71 bits per heavy atom. The molecular formula is C11H21FN2. The molecule has 0 aliphatic carbocycles. The summed E-state index contributed by atoms with van der Waals surface area (Å²) < 4.78 is 13.5. The molecule has 2 aliphatic heterocycles. The first-order valence-corrected chi connectivity index (χ1v) is 5.93. The number of halogens is 1. The Labute approximate surface area is 85.9 Å². The highest BCUT2D eigenvalue weighted by Gasteiger charge is 2.26. The summed E-state index contributed by atoms with van der Waals surface area (Å²) in [5.41, 5.74) is 0. The molecule has 2 rings (SSSR count). The molecule has 0 spiro atoms. The van der Waals surface area contributed by atoms with Crippen molar-refractivity contribution in [1.29, 1.82) is 0 Å². The topological polar surface area (TPSA) is 15.3 Å². The molecule has 14 heavy (non-hydrogen) atoms. The van der Waals surface area contributed by atoms with Crippen LogP contribution in [0.4, 0.5) is 4.39 Å². The van der Waals surface area contributed by atoms with Gasteiger partial charge in [-0.25, -0.2) is 4.39 Å². The molecule has 0 amide bonds. The molecule has 0 aromatic carbocycles. The van der Waals surface area contributed by atoms with E-state index in [1.54, 1.807) is 0 Å². The van der Waals surface area contributed by atoms with E-state index < -0.39 is 6.17 Å². The van der Waals surface area contributed by atoms with Gasteiger partial charge in [0.2, 0.25) is 0 Å². The molecular weight excluding hydrogens is 179 g/mol. The van der Waals surface area contributed by atoms with E-state index >= 15 is 0 Å². The Balaban J connectivity index is 1.76. The summed E-state index contributed by atoms with van der Waals surface area (Å²) in [6, 6.07) is 0. The standard InChI is InChI=1S/C11H21FN2/c12-11-4-5-13-8-10(11)9-14-6-2-1-3-7-14/h10-11,13H,1-9H2. The van der Waals surface area contributed by atoms with Crippen LogP contribution in [0.3, 0.4) is 0 Å². The molecule has 1 N–H and O–H groups in total. The summed E-state index contributed by atoms with van der Waals surface area (Å²) >= 11 is 0. The van der Waals surface area contributed by atoms with Gasteiger partial charge in [-0.05, 0) is 38.9 Å². The van der Waals surface area contributed by atoms with Gasteiger partial charge >= 0.3 is 0 Å². The highest BCUT2D eigenvalue weighted by molar-refractivity contribution is 4.81. The third-order valence-electron chi connectivity index (χ3n) is 3.46. The Morgan fingerprint density at radius 2 is 2.00 bits per heavy atom. The van der Waals surface area contributed by atoms with E-state index in [0.717, 1.165) is 19.6 Å². The maximum absolute atomic E-state index is 13.5. The van der Waals surface area contributed by atoms with Crippen molar-refractivity contribution in [2.24, 2.45) is 5.92 Å². The van der Waals surface area contributed by atoms with Crippen LogP contribution in [-0.2, 0) is 0 Å². The van der Waals surface area contributed by atoms with Crippen LogP contribution in [0.1, 0.15) is 25.7 Å². The Morgan fingerprint density at radius 1 is 1.21 bits per heavy atom. The molecule has 0 radical (unpaired) electrons. The maximum atomic E-state index is 13.5. The van der Waals surface area contributed by atoms with Gasteiger partial charge in [-0.1, -0.05) is 6.42 Å². The van der Waals surface area contributed by atoms with Crippen LogP contribution in [0.25, 0.3) is 0 Å².